The van der Waals surface area contributed by atoms with Gasteiger partial charge in [-0.25, -0.2) is 0 Å². The van der Waals surface area contributed by atoms with E-state index in [2.05, 4.69) is 91.0 Å². The van der Waals surface area contributed by atoms with E-state index in [1.165, 1.54) is 24.0 Å². The minimum absolute atomic E-state index is 0.119. The molecule has 6 nitrogen and oxygen atoms in total. The number of unbranched alkanes of at least 4 members (excludes halogenated alkanes) is 6. The van der Waals surface area contributed by atoms with Gasteiger partial charge >= 0.3 is 0 Å². The molecule has 7 heteroatoms. The maximum absolute atomic E-state index is 10.6. The van der Waals surface area contributed by atoms with Crippen LogP contribution in [0.2, 0.25) is 0 Å². The quantitative estimate of drug-likeness (QED) is 0.0614. The Bertz CT molecular complexity index is 1230. The van der Waals surface area contributed by atoms with E-state index in [0.717, 1.165) is 108 Å². The van der Waals surface area contributed by atoms with Crippen molar-refractivity contribution < 1.29 is 29.2 Å². The average Bonchev–Trinajstić information content (AvgIpc) is 3.15. The topological polar surface area (TPSA) is 77.4 Å². The molecular weight excluding hydrogens is 659 g/mol. The second-order valence-corrected chi connectivity index (χ2v) is 16.9. The Labute approximate surface area is 326 Å². The van der Waals surface area contributed by atoms with Crippen LogP contribution in [0.3, 0.4) is 0 Å². The monoisotopic (exact) mass is 739 g/mol. The van der Waals surface area contributed by atoms with Gasteiger partial charge in [-0.3, -0.25) is 0 Å². The molecule has 2 rings (SSSR count). The van der Waals surface area contributed by atoms with Crippen molar-refractivity contribution in [3.8, 4) is 22.6 Å². The number of hydrogen-bond acceptors (Lipinski definition) is 6. The normalized spacial score (nSPS) is 17.6. The molecule has 0 saturated carbocycles. The van der Waals surface area contributed by atoms with E-state index >= 15 is 0 Å². The molecule has 2 aromatic rings. The van der Waals surface area contributed by atoms with Crippen LogP contribution in [0.4, 0.5) is 0 Å². The van der Waals surface area contributed by atoms with E-state index in [4.69, 9.17) is 18.9 Å². The number of rotatable bonds is 30. The maximum Gasteiger partial charge on any atom is 0.143 e. The molecule has 0 saturated heterocycles. The SMILES string of the molecule is BC(CC)(CCCCCCOc1ccc(-c2ccc(OCCCCCCC(C)(CCC)OCC(C)C(C)(O)CC)cc2)cc1)OCC(C)C(C)(O)CC. The summed E-state index contributed by atoms with van der Waals surface area (Å²) in [5.74, 6) is 2.06. The van der Waals surface area contributed by atoms with Gasteiger partial charge in [-0.1, -0.05) is 111 Å². The van der Waals surface area contributed by atoms with Gasteiger partial charge in [0.1, 0.15) is 19.3 Å². The van der Waals surface area contributed by atoms with Crippen LogP contribution in [0.15, 0.2) is 48.5 Å². The van der Waals surface area contributed by atoms with E-state index in [1.54, 1.807) is 0 Å². The van der Waals surface area contributed by atoms with E-state index in [0.29, 0.717) is 13.2 Å². The summed E-state index contributed by atoms with van der Waals surface area (Å²) in [6.07, 6.45) is 15.7. The lowest BCUT2D eigenvalue weighted by molar-refractivity contribution is -0.0987. The molecule has 0 radical (unpaired) electrons. The van der Waals surface area contributed by atoms with Crippen LogP contribution in [0, 0.1) is 11.8 Å². The number of ether oxygens (including phenoxy) is 4. The molecule has 0 aliphatic heterocycles. The fraction of sp³-hybridized carbons (Fsp3) is 0.739. The summed E-state index contributed by atoms with van der Waals surface area (Å²) in [4.78, 5) is 0. The van der Waals surface area contributed by atoms with Crippen LogP contribution in [-0.2, 0) is 9.47 Å². The fourth-order valence-electron chi connectivity index (χ4n) is 6.63. The highest BCUT2D eigenvalue weighted by atomic mass is 16.5. The first kappa shape index (κ1) is 47.1. The molecule has 6 atom stereocenters. The van der Waals surface area contributed by atoms with Crippen LogP contribution in [0.25, 0.3) is 11.1 Å². The molecule has 0 heterocycles. The molecule has 0 spiro atoms. The highest BCUT2D eigenvalue weighted by Gasteiger charge is 2.31. The van der Waals surface area contributed by atoms with Crippen molar-refractivity contribution in [2.45, 2.75) is 181 Å². The van der Waals surface area contributed by atoms with Gasteiger partial charge in [-0.15, -0.1) is 0 Å². The predicted octanol–water partition coefficient (Wildman–Crippen LogP) is 10.9. The lowest BCUT2D eigenvalue weighted by atomic mass is 9.74. The highest BCUT2D eigenvalue weighted by molar-refractivity contribution is 6.14. The Hall–Kier alpha value is -2.06. The molecule has 0 aliphatic carbocycles. The molecule has 302 valence electrons. The van der Waals surface area contributed by atoms with Crippen molar-refractivity contribution in [3.05, 3.63) is 48.5 Å². The van der Waals surface area contributed by atoms with Crippen molar-refractivity contribution in [2.75, 3.05) is 26.4 Å². The summed E-state index contributed by atoms with van der Waals surface area (Å²) in [7, 11) is 2.21. The van der Waals surface area contributed by atoms with Crippen molar-refractivity contribution in [1.29, 1.82) is 0 Å². The lowest BCUT2D eigenvalue weighted by Crippen LogP contribution is -2.40. The summed E-state index contributed by atoms with van der Waals surface area (Å²) in [5.41, 5.74) is 0.739. The molecule has 0 amide bonds. The first-order valence-corrected chi connectivity index (χ1v) is 21.3. The minimum atomic E-state index is -0.676. The molecule has 0 aromatic heterocycles. The van der Waals surface area contributed by atoms with E-state index < -0.39 is 11.2 Å². The van der Waals surface area contributed by atoms with E-state index in [-0.39, 0.29) is 22.9 Å². The van der Waals surface area contributed by atoms with Crippen LogP contribution >= 0.6 is 0 Å². The number of hydrogen-bond donors (Lipinski definition) is 2. The Balaban J connectivity index is 1.62. The largest absolute Gasteiger partial charge is 0.494 e. The first-order valence-electron chi connectivity index (χ1n) is 21.3. The van der Waals surface area contributed by atoms with Crippen LogP contribution in [-0.4, -0.2) is 66.8 Å². The second kappa shape index (κ2) is 23.8. The molecule has 53 heavy (non-hydrogen) atoms. The summed E-state index contributed by atoms with van der Waals surface area (Å²) < 4.78 is 24.9. The Morgan fingerprint density at radius 2 is 0.962 bits per heavy atom. The van der Waals surface area contributed by atoms with Gasteiger partial charge in [0.05, 0.1) is 43.2 Å². The third kappa shape index (κ3) is 17.5. The Morgan fingerprint density at radius 1 is 0.547 bits per heavy atom. The zero-order valence-electron chi connectivity index (χ0n) is 35.7. The molecule has 6 unspecified atom stereocenters. The van der Waals surface area contributed by atoms with E-state index in [1.807, 2.05) is 27.7 Å². The molecule has 2 aromatic carbocycles. The third-order valence-corrected chi connectivity index (χ3v) is 12.2. The van der Waals surface area contributed by atoms with Gasteiger partial charge in [0.2, 0.25) is 0 Å². The van der Waals surface area contributed by atoms with Crippen molar-refractivity contribution in [3.63, 3.8) is 0 Å². The summed E-state index contributed by atoms with van der Waals surface area (Å²) in [5, 5.41) is 21.1. The summed E-state index contributed by atoms with van der Waals surface area (Å²) in [6.45, 7) is 21.4. The van der Waals surface area contributed by atoms with Crippen LogP contribution in [0.1, 0.15) is 159 Å². The molecule has 0 aliphatic rings. The average molecular weight is 739 g/mol. The molecule has 0 bridgehead atoms. The number of benzene rings is 2. The standard InChI is InChI=1S/C46H79BO6/c1-10-30-43(7,52-35-37(5)44(8,48)11-2)31-18-14-16-20-33-50-41-26-22-39(23-27-41)40-24-28-42(29-25-40)51-34-21-17-15-19-32-46(47,13-4)53-36-38(6)45(9,49)12-3/h22-29,37-38,48-49H,10-21,30-36,47H2,1-9H3. The lowest BCUT2D eigenvalue weighted by Gasteiger charge is -2.35. The summed E-state index contributed by atoms with van der Waals surface area (Å²) >= 11 is 0. The van der Waals surface area contributed by atoms with Crippen LogP contribution < -0.4 is 9.47 Å². The molecule has 0 fully saturated rings. The second-order valence-electron chi connectivity index (χ2n) is 16.9. The first-order chi connectivity index (χ1) is 25.1. The van der Waals surface area contributed by atoms with Crippen molar-refractivity contribution in [1.82, 2.24) is 0 Å². The predicted molar refractivity (Wildman–Crippen MR) is 226 cm³/mol. The van der Waals surface area contributed by atoms with Gasteiger partial charge < -0.3 is 29.2 Å². The van der Waals surface area contributed by atoms with Gasteiger partial charge in [-0.05, 0) is 108 Å². The van der Waals surface area contributed by atoms with Gasteiger partial charge in [0, 0.05) is 17.3 Å². The zero-order valence-corrected chi connectivity index (χ0v) is 35.7. The highest BCUT2D eigenvalue weighted by Crippen LogP contribution is 2.30. The summed E-state index contributed by atoms with van der Waals surface area (Å²) in [6, 6.07) is 16.8. The van der Waals surface area contributed by atoms with Crippen molar-refractivity contribution >= 4 is 7.85 Å². The Kier molecular flexibility index (Phi) is 21.1. The molecular formula is C46H79BO6. The van der Waals surface area contributed by atoms with Gasteiger partial charge in [0.25, 0.3) is 0 Å². The minimum Gasteiger partial charge on any atom is -0.494 e. The third-order valence-electron chi connectivity index (χ3n) is 12.2. The van der Waals surface area contributed by atoms with Crippen molar-refractivity contribution in [2.24, 2.45) is 11.8 Å². The fourth-order valence-corrected chi connectivity index (χ4v) is 6.63. The van der Waals surface area contributed by atoms with Crippen LogP contribution in [0.5, 0.6) is 11.5 Å². The maximum atomic E-state index is 10.6. The van der Waals surface area contributed by atoms with E-state index in [9.17, 15) is 10.2 Å². The molecule has 2 N–H and O–H groups in total. The number of aliphatic hydroxyl groups is 2. The zero-order chi connectivity index (χ0) is 39.4. The van der Waals surface area contributed by atoms with Gasteiger partial charge in [0.15, 0.2) is 0 Å². The van der Waals surface area contributed by atoms with Gasteiger partial charge in [-0.2, -0.15) is 0 Å². The smallest absolute Gasteiger partial charge is 0.143 e. The Morgan fingerprint density at radius 3 is 1.38 bits per heavy atom.